The lowest BCUT2D eigenvalue weighted by molar-refractivity contribution is 0.173. The van der Waals surface area contributed by atoms with Crippen LogP contribution in [0.25, 0.3) is 0 Å². The molecule has 0 radical (unpaired) electrons. The molecule has 0 aliphatic carbocycles. The second kappa shape index (κ2) is 8.40. The minimum atomic E-state index is -0.435. The number of hydrogen-bond donors (Lipinski definition) is 1. The normalized spacial score (nSPS) is 16.3. The topological polar surface area (TPSA) is 30.9 Å². The molecule has 1 aromatic carbocycles. The Hall–Kier alpha value is -1.99. The number of hydrogen-bond acceptors (Lipinski definition) is 3. The molecule has 1 aliphatic rings. The molecular formula is C18H22F2N4S. The average molecular weight is 364 g/mol. The molecule has 0 saturated carbocycles. The lowest BCUT2D eigenvalue weighted by Gasteiger charge is -2.36. The van der Waals surface area contributed by atoms with Crippen molar-refractivity contribution in [3.8, 4) is 0 Å². The molecule has 25 heavy (non-hydrogen) atoms. The molecule has 0 amide bonds. The number of guanidine groups is 1. The van der Waals surface area contributed by atoms with Crippen LogP contribution in [0.15, 0.2) is 40.7 Å². The molecule has 1 N–H and O–H groups in total. The first-order valence-electron chi connectivity index (χ1n) is 8.30. The standard InChI is InChI=1S/C18H22F2N4S/c1-21-18(22-12-14-11-15(19)4-5-17(14)20)24-8-6-23(7-9-24)13-16-3-2-10-25-16/h2-5,10-11H,6-9,12-13H2,1H3,(H,21,22). The highest BCUT2D eigenvalue weighted by atomic mass is 32.1. The first-order valence-corrected chi connectivity index (χ1v) is 9.18. The molecule has 1 saturated heterocycles. The summed E-state index contributed by atoms with van der Waals surface area (Å²) in [5.74, 6) is -0.125. The Morgan fingerprint density at radius 2 is 2.00 bits per heavy atom. The van der Waals surface area contributed by atoms with Crippen LogP contribution in [0, 0.1) is 11.6 Å². The summed E-state index contributed by atoms with van der Waals surface area (Å²) in [4.78, 5) is 10.2. The summed E-state index contributed by atoms with van der Waals surface area (Å²) >= 11 is 1.78. The van der Waals surface area contributed by atoms with Crippen molar-refractivity contribution < 1.29 is 8.78 Å². The molecule has 1 aromatic heterocycles. The molecule has 2 aromatic rings. The highest BCUT2D eigenvalue weighted by Crippen LogP contribution is 2.14. The van der Waals surface area contributed by atoms with E-state index in [1.165, 1.54) is 10.9 Å². The van der Waals surface area contributed by atoms with Gasteiger partial charge in [-0.3, -0.25) is 9.89 Å². The van der Waals surface area contributed by atoms with Crippen molar-refractivity contribution in [2.75, 3.05) is 33.2 Å². The van der Waals surface area contributed by atoms with Crippen molar-refractivity contribution in [1.29, 1.82) is 0 Å². The van der Waals surface area contributed by atoms with Gasteiger partial charge in [0.1, 0.15) is 11.6 Å². The summed E-state index contributed by atoms with van der Waals surface area (Å²) in [6.07, 6.45) is 0. The first kappa shape index (κ1) is 17.8. The Morgan fingerprint density at radius 1 is 1.20 bits per heavy atom. The van der Waals surface area contributed by atoms with E-state index in [9.17, 15) is 8.78 Å². The number of nitrogens with one attached hydrogen (secondary N) is 1. The van der Waals surface area contributed by atoms with Crippen LogP contribution < -0.4 is 5.32 Å². The maximum absolute atomic E-state index is 13.7. The van der Waals surface area contributed by atoms with Crippen LogP contribution in [0.5, 0.6) is 0 Å². The van der Waals surface area contributed by atoms with E-state index in [1.807, 2.05) is 0 Å². The summed E-state index contributed by atoms with van der Waals surface area (Å²) in [5, 5.41) is 5.24. The Kier molecular flexibility index (Phi) is 5.99. The molecule has 1 fully saturated rings. The Balaban J connectivity index is 1.51. The van der Waals surface area contributed by atoms with Crippen molar-refractivity contribution in [2.24, 2.45) is 4.99 Å². The monoisotopic (exact) mass is 364 g/mol. The van der Waals surface area contributed by atoms with Crippen molar-refractivity contribution >= 4 is 17.3 Å². The molecule has 0 atom stereocenters. The summed E-state index contributed by atoms with van der Waals surface area (Å²) in [7, 11) is 1.71. The van der Waals surface area contributed by atoms with E-state index in [-0.39, 0.29) is 6.54 Å². The second-order valence-corrected chi connectivity index (χ2v) is 7.01. The van der Waals surface area contributed by atoms with Crippen molar-refractivity contribution in [3.63, 3.8) is 0 Å². The van der Waals surface area contributed by atoms with Gasteiger partial charge in [-0.2, -0.15) is 0 Å². The maximum Gasteiger partial charge on any atom is 0.194 e. The van der Waals surface area contributed by atoms with E-state index in [0.29, 0.717) is 5.56 Å². The van der Waals surface area contributed by atoms with Crippen LogP contribution in [-0.2, 0) is 13.1 Å². The van der Waals surface area contributed by atoms with Crippen LogP contribution in [0.2, 0.25) is 0 Å². The van der Waals surface area contributed by atoms with E-state index in [4.69, 9.17) is 0 Å². The molecule has 0 bridgehead atoms. The van der Waals surface area contributed by atoms with Gasteiger partial charge in [-0.1, -0.05) is 6.07 Å². The van der Waals surface area contributed by atoms with Crippen LogP contribution in [-0.4, -0.2) is 49.0 Å². The third-order valence-corrected chi connectivity index (χ3v) is 5.15. The number of piperazine rings is 1. The summed E-state index contributed by atoms with van der Waals surface area (Å²) in [5.41, 5.74) is 0.303. The number of nitrogens with zero attached hydrogens (tertiary/aromatic N) is 3. The molecule has 0 spiro atoms. The number of aliphatic imine (C=N–C) groups is 1. The fraction of sp³-hybridized carbons (Fsp3) is 0.389. The second-order valence-electron chi connectivity index (χ2n) is 5.98. The smallest absolute Gasteiger partial charge is 0.194 e. The molecule has 4 nitrogen and oxygen atoms in total. The van der Waals surface area contributed by atoms with E-state index in [0.717, 1.165) is 50.8 Å². The molecular weight excluding hydrogens is 342 g/mol. The third-order valence-electron chi connectivity index (χ3n) is 4.29. The van der Waals surface area contributed by atoms with Gasteiger partial charge >= 0.3 is 0 Å². The van der Waals surface area contributed by atoms with Gasteiger partial charge in [0.05, 0.1) is 0 Å². The number of halogens is 2. The Bertz CT molecular complexity index is 710. The minimum absolute atomic E-state index is 0.214. The Morgan fingerprint density at radius 3 is 2.68 bits per heavy atom. The summed E-state index contributed by atoms with van der Waals surface area (Å²) < 4.78 is 27.0. The van der Waals surface area contributed by atoms with Gasteiger partial charge in [-0.25, -0.2) is 8.78 Å². The predicted octanol–water partition coefficient (Wildman–Crippen LogP) is 2.92. The Labute approximate surface area is 150 Å². The molecule has 2 heterocycles. The largest absolute Gasteiger partial charge is 0.352 e. The fourth-order valence-corrected chi connectivity index (χ4v) is 3.67. The highest BCUT2D eigenvalue weighted by molar-refractivity contribution is 7.09. The van der Waals surface area contributed by atoms with Crippen LogP contribution in [0.1, 0.15) is 10.4 Å². The van der Waals surface area contributed by atoms with Crippen molar-refractivity contribution in [2.45, 2.75) is 13.1 Å². The summed E-state index contributed by atoms with van der Waals surface area (Å²) in [6.45, 7) is 4.81. The van der Waals surface area contributed by atoms with Crippen molar-refractivity contribution in [3.05, 3.63) is 57.8 Å². The van der Waals surface area contributed by atoms with E-state index >= 15 is 0 Å². The number of benzene rings is 1. The molecule has 7 heteroatoms. The SMILES string of the molecule is CN=C(NCc1cc(F)ccc1F)N1CCN(Cc2cccs2)CC1. The maximum atomic E-state index is 13.7. The number of thiophene rings is 1. The van der Waals surface area contributed by atoms with E-state index in [2.05, 4.69) is 37.6 Å². The van der Waals surface area contributed by atoms with Crippen LogP contribution in [0.3, 0.4) is 0 Å². The van der Waals surface area contributed by atoms with Crippen LogP contribution in [0.4, 0.5) is 8.78 Å². The van der Waals surface area contributed by atoms with Gasteiger partial charge in [-0.15, -0.1) is 11.3 Å². The zero-order valence-corrected chi connectivity index (χ0v) is 15.0. The minimum Gasteiger partial charge on any atom is -0.352 e. The van der Waals surface area contributed by atoms with E-state index in [1.54, 1.807) is 18.4 Å². The van der Waals surface area contributed by atoms with Gasteiger partial charge in [0.15, 0.2) is 5.96 Å². The van der Waals surface area contributed by atoms with Crippen molar-refractivity contribution in [1.82, 2.24) is 15.1 Å². The summed E-state index contributed by atoms with van der Waals surface area (Å²) in [6, 6.07) is 7.73. The lowest BCUT2D eigenvalue weighted by Crippen LogP contribution is -2.52. The molecule has 0 unspecified atom stereocenters. The quantitative estimate of drug-likeness (QED) is 0.669. The average Bonchev–Trinajstić information content (AvgIpc) is 3.12. The van der Waals surface area contributed by atoms with Gasteiger partial charge in [-0.05, 0) is 29.6 Å². The van der Waals surface area contributed by atoms with Gasteiger partial charge in [0, 0.05) is 56.8 Å². The number of rotatable bonds is 4. The molecule has 1 aliphatic heterocycles. The lowest BCUT2D eigenvalue weighted by atomic mass is 10.2. The van der Waals surface area contributed by atoms with Gasteiger partial charge in [0.2, 0.25) is 0 Å². The van der Waals surface area contributed by atoms with E-state index < -0.39 is 11.6 Å². The molecule has 3 rings (SSSR count). The van der Waals surface area contributed by atoms with Crippen LogP contribution >= 0.6 is 11.3 Å². The fourth-order valence-electron chi connectivity index (χ4n) is 2.93. The van der Waals surface area contributed by atoms with Gasteiger partial charge in [0.25, 0.3) is 0 Å². The zero-order chi connectivity index (χ0) is 17.6. The first-order chi connectivity index (χ1) is 12.2. The highest BCUT2D eigenvalue weighted by Gasteiger charge is 2.20. The van der Waals surface area contributed by atoms with Gasteiger partial charge < -0.3 is 10.2 Å². The predicted molar refractivity (Wildman–Crippen MR) is 97.7 cm³/mol. The zero-order valence-electron chi connectivity index (χ0n) is 14.2. The molecule has 134 valence electrons. The third kappa shape index (κ3) is 4.76.